The molecule has 1 N–H and O–H groups in total. The largest absolute Gasteiger partial charge is 0.478 e. The van der Waals surface area contributed by atoms with Crippen molar-refractivity contribution in [2.75, 3.05) is 18.5 Å². The number of ether oxygens (including phenoxy) is 3. The Balaban J connectivity index is 1.68. The average molecular weight is 430 g/mol. The second-order valence-electron chi connectivity index (χ2n) is 6.64. The van der Waals surface area contributed by atoms with Gasteiger partial charge in [0.1, 0.15) is 16.8 Å². The smallest absolute Gasteiger partial charge is 0.341 e. The van der Waals surface area contributed by atoms with Gasteiger partial charge in [-0.25, -0.2) is 14.8 Å². The van der Waals surface area contributed by atoms with Gasteiger partial charge < -0.3 is 19.5 Å². The molecule has 0 radical (unpaired) electrons. The molecule has 32 heavy (non-hydrogen) atoms. The second-order valence-corrected chi connectivity index (χ2v) is 6.64. The van der Waals surface area contributed by atoms with Crippen LogP contribution in [0.5, 0.6) is 17.5 Å². The van der Waals surface area contributed by atoms with Crippen LogP contribution in [0.25, 0.3) is 11.0 Å². The molecule has 3 aromatic heterocycles. The maximum atomic E-state index is 12.6. The van der Waals surface area contributed by atoms with Gasteiger partial charge in [0.25, 0.3) is 0 Å². The SMILES string of the molecule is CCOC(=O)c1cnc2ccc(OCC)nc2c1Nc1ccc(Oc2ccccn2)cc1. The van der Waals surface area contributed by atoms with Gasteiger partial charge in [0.15, 0.2) is 0 Å². The van der Waals surface area contributed by atoms with E-state index in [1.54, 1.807) is 31.3 Å². The van der Waals surface area contributed by atoms with Gasteiger partial charge >= 0.3 is 5.97 Å². The highest BCUT2D eigenvalue weighted by molar-refractivity contribution is 6.04. The van der Waals surface area contributed by atoms with Gasteiger partial charge in [-0.3, -0.25) is 4.98 Å². The lowest BCUT2D eigenvalue weighted by atomic mass is 10.1. The fourth-order valence-electron chi connectivity index (χ4n) is 3.05. The van der Waals surface area contributed by atoms with Crippen LogP contribution < -0.4 is 14.8 Å². The first-order valence-electron chi connectivity index (χ1n) is 10.2. The van der Waals surface area contributed by atoms with Gasteiger partial charge in [0.05, 0.1) is 24.4 Å². The van der Waals surface area contributed by atoms with E-state index in [4.69, 9.17) is 14.2 Å². The van der Waals surface area contributed by atoms with E-state index in [-0.39, 0.29) is 12.2 Å². The zero-order chi connectivity index (χ0) is 22.3. The second kappa shape index (κ2) is 9.74. The first-order chi connectivity index (χ1) is 15.7. The van der Waals surface area contributed by atoms with Crippen molar-refractivity contribution in [1.29, 1.82) is 0 Å². The van der Waals surface area contributed by atoms with Crippen LogP contribution in [0.3, 0.4) is 0 Å². The van der Waals surface area contributed by atoms with E-state index < -0.39 is 5.97 Å². The molecular formula is C24H22N4O4. The predicted octanol–water partition coefficient (Wildman–Crippen LogP) is 5.14. The van der Waals surface area contributed by atoms with E-state index in [1.165, 1.54) is 6.20 Å². The number of rotatable bonds is 8. The summed E-state index contributed by atoms with van der Waals surface area (Å²) in [4.78, 5) is 25.6. The number of aromatic nitrogens is 3. The third-order valence-corrected chi connectivity index (χ3v) is 4.46. The van der Waals surface area contributed by atoms with Gasteiger partial charge in [-0.15, -0.1) is 0 Å². The zero-order valence-corrected chi connectivity index (χ0v) is 17.7. The number of hydrogen-bond donors (Lipinski definition) is 1. The van der Waals surface area contributed by atoms with Crippen molar-refractivity contribution in [2.24, 2.45) is 0 Å². The lowest BCUT2D eigenvalue weighted by Crippen LogP contribution is -2.10. The van der Waals surface area contributed by atoms with E-state index in [0.29, 0.717) is 40.8 Å². The number of fused-ring (bicyclic) bond motifs is 1. The minimum atomic E-state index is -0.483. The quantitative estimate of drug-likeness (QED) is 0.384. The van der Waals surface area contributed by atoms with Crippen LogP contribution >= 0.6 is 0 Å². The Hall–Kier alpha value is -4.20. The molecule has 4 rings (SSSR count). The van der Waals surface area contributed by atoms with Crippen molar-refractivity contribution in [3.63, 3.8) is 0 Å². The minimum absolute atomic E-state index is 0.252. The van der Waals surface area contributed by atoms with Crippen molar-refractivity contribution in [3.05, 3.63) is 72.6 Å². The number of hydrogen-bond acceptors (Lipinski definition) is 8. The fraction of sp³-hybridized carbons (Fsp3) is 0.167. The molecule has 3 heterocycles. The summed E-state index contributed by atoms with van der Waals surface area (Å²) in [6.45, 7) is 4.37. The normalized spacial score (nSPS) is 10.6. The molecule has 0 bridgehead atoms. The van der Waals surface area contributed by atoms with Crippen molar-refractivity contribution >= 4 is 28.4 Å². The molecule has 0 fully saturated rings. The van der Waals surface area contributed by atoms with Crippen molar-refractivity contribution in [2.45, 2.75) is 13.8 Å². The molecule has 8 heteroatoms. The highest BCUT2D eigenvalue weighted by Crippen LogP contribution is 2.31. The third kappa shape index (κ3) is 4.75. The summed E-state index contributed by atoms with van der Waals surface area (Å²) in [5.41, 5.74) is 2.65. The minimum Gasteiger partial charge on any atom is -0.478 e. The lowest BCUT2D eigenvalue weighted by molar-refractivity contribution is 0.0527. The van der Waals surface area contributed by atoms with Gasteiger partial charge in [-0.1, -0.05) is 6.07 Å². The Morgan fingerprint density at radius 2 is 1.78 bits per heavy atom. The van der Waals surface area contributed by atoms with Gasteiger partial charge in [-0.05, 0) is 50.2 Å². The Labute approximate surface area is 185 Å². The Morgan fingerprint density at radius 3 is 2.50 bits per heavy atom. The number of esters is 1. The molecule has 0 saturated carbocycles. The summed E-state index contributed by atoms with van der Waals surface area (Å²) in [6.07, 6.45) is 3.16. The molecule has 1 aromatic carbocycles. The van der Waals surface area contributed by atoms with Gasteiger partial charge in [0.2, 0.25) is 11.8 Å². The summed E-state index contributed by atoms with van der Waals surface area (Å²) in [6, 6.07) is 16.3. The first kappa shape index (κ1) is 21.0. The van der Waals surface area contributed by atoms with E-state index in [9.17, 15) is 4.79 Å². The van der Waals surface area contributed by atoms with Crippen LogP contribution in [0, 0.1) is 0 Å². The molecule has 0 aliphatic carbocycles. The molecule has 0 amide bonds. The van der Waals surface area contributed by atoms with Crippen LogP contribution in [0.1, 0.15) is 24.2 Å². The third-order valence-electron chi connectivity index (χ3n) is 4.46. The fourth-order valence-corrected chi connectivity index (χ4v) is 3.05. The molecule has 0 unspecified atom stereocenters. The number of pyridine rings is 3. The number of nitrogens with one attached hydrogen (secondary N) is 1. The lowest BCUT2D eigenvalue weighted by Gasteiger charge is -2.14. The van der Waals surface area contributed by atoms with Crippen LogP contribution in [-0.4, -0.2) is 34.1 Å². The molecule has 4 aromatic rings. The molecular weight excluding hydrogens is 408 g/mol. The summed E-state index contributed by atoms with van der Waals surface area (Å²) in [5.74, 6) is 1.11. The Bertz CT molecular complexity index is 1210. The molecule has 0 spiro atoms. The van der Waals surface area contributed by atoms with Crippen LogP contribution in [0.15, 0.2) is 67.0 Å². The standard InChI is InChI=1S/C24H22N4O4/c1-3-30-21-13-12-19-23(28-21)22(18(15-26-19)24(29)31-4-2)27-16-8-10-17(11-9-16)32-20-7-5-6-14-25-20/h5-15H,3-4H2,1-2H3,(H,26,27). The average Bonchev–Trinajstić information content (AvgIpc) is 2.81. The predicted molar refractivity (Wildman–Crippen MR) is 121 cm³/mol. The number of nitrogens with zero attached hydrogens (tertiary/aromatic N) is 3. The highest BCUT2D eigenvalue weighted by atomic mass is 16.5. The Morgan fingerprint density at radius 1 is 0.938 bits per heavy atom. The van der Waals surface area contributed by atoms with Crippen LogP contribution in [0.4, 0.5) is 11.4 Å². The number of anilines is 2. The van der Waals surface area contributed by atoms with Crippen LogP contribution in [0.2, 0.25) is 0 Å². The number of carbonyl (C=O) groups excluding carboxylic acids is 1. The first-order valence-corrected chi connectivity index (χ1v) is 10.2. The zero-order valence-electron chi connectivity index (χ0n) is 17.7. The Kier molecular flexibility index (Phi) is 6.41. The van der Waals surface area contributed by atoms with Gasteiger partial charge in [-0.2, -0.15) is 0 Å². The molecule has 0 aliphatic heterocycles. The summed E-state index contributed by atoms with van der Waals surface area (Å²) in [7, 11) is 0. The molecule has 162 valence electrons. The molecule has 0 aliphatic rings. The van der Waals surface area contributed by atoms with Crippen molar-refractivity contribution < 1.29 is 19.0 Å². The maximum Gasteiger partial charge on any atom is 0.341 e. The van der Waals surface area contributed by atoms with E-state index in [2.05, 4.69) is 20.3 Å². The van der Waals surface area contributed by atoms with Crippen LogP contribution in [-0.2, 0) is 4.74 Å². The van der Waals surface area contributed by atoms with Crippen molar-refractivity contribution in [3.8, 4) is 17.5 Å². The summed E-state index contributed by atoms with van der Waals surface area (Å²) < 4.78 is 16.5. The highest BCUT2D eigenvalue weighted by Gasteiger charge is 2.18. The van der Waals surface area contributed by atoms with E-state index in [0.717, 1.165) is 5.69 Å². The molecule has 0 atom stereocenters. The van der Waals surface area contributed by atoms with Gasteiger partial charge in [0, 0.05) is 30.2 Å². The van der Waals surface area contributed by atoms with E-state index >= 15 is 0 Å². The number of carbonyl (C=O) groups is 1. The monoisotopic (exact) mass is 430 g/mol. The summed E-state index contributed by atoms with van der Waals surface area (Å²) >= 11 is 0. The summed E-state index contributed by atoms with van der Waals surface area (Å²) in [5, 5.41) is 3.29. The van der Waals surface area contributed by atoms with Crippen molar-refractivity contribution in [1.82, 2.24) is 15.0 Å². The molecule has 0 saturated heterocycles. The van der Waals surface area contributed by atoms with E-state index in [1.807, 2.05) is 43.3 Å². The maximum absolute atomic E-state index is 12.6. The number of benzene rings is 1. The molecule has 8 nitrogen and oxygen atoms in total. The topological polar surface area (TPSA) is 95.5 Å².